The molecule has 17 heavy (non-hydrogen) atoms. The Hall–Kier alpha value is -1.40. The van der Waals surface area contributed by atoms with Gasteiger partial charge in [0.05, 0.1) is 12.1 Å². The summed E-state index contributed by atoms with van der Waals surface area (Å²) in [4.78, 5) is 12.0. The van der Waals surface area contributed by atoms with Crippen LogP contribution in [0.2, 0.25) is 5.28 Å². The molecule has 0 unspecified atom stereocenters. The summed E-state index contributed by atoms with van der Waals surface area (Å²) in [5, 5.41) is 15.1. The minimum absolute atomic E-state index is 0.0499. The third-order valence-corrected chi connectivity index (χ3v) is 2.03. The van der Waals surface area contributed by atoms with Crippen molar-refractivity contribution in [2.24, 2.45) is 0 Å². The van der Waals surface area contributed by atoms with E-state index in [2.05, 4.69) is 32.2 Å². The van der Waals surface area contributed by atoms with Gasteiger partial charge in [-0.05, 0) is 25.4 Å². The van der Waals surface area contributed by atoms with Gasteiger partial charge in [-0.1, -0.05) is 6.08 Å². The van der Waals surface area contributed by atoms with Crippen molar-refractivity contribution in [3.8, 4) is 0 Å². The molecule has 0 bridgehead atoms. The Bertz CT molecular complexity index is 396. The molecule has 0 fully saturated rings. The summed E-state index contributed by atoms with van der Waals surface area (Å²) >= 11 is 5.77. The van der Waals surface area contributed by atoms with Gasteiger partial charge >= 0.3 is 0 Å². The molecule has 1 aromatic rings. The maximum Gasteiger partial charge on any atom is 0.229 e. The van der Waals surface area contributed by atoms with Gasteiger partial charge in [0.1, 0.15) is 0 Å². The lowest BCUT2D eigenvalue weighted by Gasteiger charge is -2.23. The van der Waals surface area contributed by atoms with Gasteiger partial charge in [-0.15, -0.1) is 6.58 Å². The maximum absolute atomic E-state index is 9.14. The smallest absolute Gasteiger partial charge is 0.229 e. The predicted octanol–water partition coefficient (Wildman–Crippen LogP) is 1.31. The number of halogens is 1. The predicted molar refractivity (Wildman–Crippen MR) is 68.3 cm³/mol. The van der Waals surface area contributed by atoms with Crippen molar-refractivity contribution in [1.82, 2.24) is 15.0 Å². The van der Waals surface area contributed by atoms with E-state index >= 15 is 0 Å². The van der Waals surface area contributed by atoms with Crippen molar-refractivity contribution in [1.29, 1.82) is 0 Å². The molecule has 1 aromatic heterocycles. The number of rotatable bonds is 6. The van der Waals surface area contributed by atoms with Crippen LogP contribution in [0.15, 0.2) is 12.7 Å². The molecule has 0 aliphatic rings. The molecule has 0 saturated heterocycles. The Kier molecular flexibility index (Phi) is 4.65. The van der Waals surface area contributed by atoms with Gasteiger partial charge in [-0.2, -0.15) is 15.0 Å². The summed E-state index contributed by atoms with van der Waals surface area (Å²) in [6.45, 7) is 7.70. The molecular weight excluding hydrogens is 242 g/mol. The number of nitrogens with one attached hydrogen (secondary N) is 2. The van der Waals surface area contributed by atoms with Crippen LogP contribution in [-0.4, -0.2) is 38.7 Å². The lowest BCUT2D eigenvalue weighted by Crippen LogP contribution is -2.35. The van der Waals surface area contributed by atoms with Crippen LogP contribution in [0.3, 0.4) is 0 Å². The fraction of sp³-hybridized carbons (Fsp3) is 0.500. The van der Waals surface area contributed by atoms with Crippen molar-refractivity contribution in [2.45, 2.75) is 19.4 Å². The SMILES string of the molecule is C=CCNc1nc(Cl)nc(NC(C)(C)CO)n1. The number of hydrogen-bond acceptors (Lipinski definition) is 6. The third kappa shape index (κ3) is 4.54. The Labute approximate surface area is 105 Å². The first-order valence-corrected chi connectivity index (χ1v) is 5.50. The van der Waals surface area contributed by atoms with Crippen molar-refractivity contribution in [2.75, 3.05) is 23.8 Å². The number of aliphatic hydroxyl groups excluding tert-OH is 1. The quantitative estimate of drug-likeness (QED) is 0.667. The van der Waals surface area contributed by atoms with E-state index in [1.54, 1.807) is 6.08 Å². The molecular formula is C10H16ClN5O. The Balaban J connectivity index is 2.85. The number of aromatic nitrogens is 3. The van der Waals surface area contributed by atoms with Gasteiger partial charge < -0.3 is 15.7 Å². The molecule has 6 nitrogen and oxygen atoms in total. The van der Waals surface area contributed by atoms with Gasteiger partial charge in [0.15, 0.2) is 0 Å². The van der Waals surface area contributed by atoms with Crippen LogP contribution in [0.5, 0.6) is 0 Å². The van der Waals surface area contributed by atoms with Crippen molar-refractivity contribution in [3.63, 3.8) is 0 Å². The van der Waals surface area contributed by atoms with Crippen LogP contribution in [0.4, 0.5) is 11.9 Å². The topological polar surface area (TPSA) is 83.0 Å². The summed E-state index contributed by atoms with van der Waals surface area (Å²) in [7, 11) is 0. The second-order valence-corrected chi connectivity index (χ2v) is 4.43. The van der Waals surface area contributed by atoms with Gasteiger partial charge in [-0.3, -0.25) is 0 Å². The Morgan fingerprint density at radius 2 is 2.00 bits per heavy atom. The van der Waals surface area contributed by atoms with Crippen molar-refractivity contribution >= 4 is 23.5 Å². The first-order valence-electron chi connectivity index (χ1n) is 5.12. The minimum atomic E-state index is -0.527. The summed E-state index contributed by atoms with van der Waals surface area (Å²) in [6, 6.07) is 0. The van der Waals surface area contributed by atoms with E-state index in [1.165, 1.54) is 0 Å². The molecule has 0 aliphatic heterocycles. The largest absolute Gasteiger partial charge is 0.394 e. The zero-order valence-electron chi connectivity index (χ0n) is 9.87. The molecule has 7 heteroatoms. The van der Waals surface area contributed by atoms with Crippen LogP contribution >= 0.6 is 11.6 Å². The molecule has 3 N–H and O–H groups in total. The van der Waals surface area contributed by atoms with E-state index in [1.807, 2.05) is 13.8 Å². The van der Waals surface area contributed by atoms with Crippen LogP contribution in [0.1, 0.15) is 13.8 Å². The molecule has 1 heterocycles. The van der Waals surface area contributed by atoms with Crippen molar-refractivity contribution < 1.29 is 5.11 Å². The van der Waals surface area contributed by atoms with Crippen LogP contribution in [0.25, 0.3) is 0 Å². The molecule has 0 atom stereocenters. The van der Waals surface area contributed by atoms with Crippen LogP contribution in [-0.2, 0) is 0 Å². The van der Waals surface area contributed by atoms with Gasteiger partial charge in [0, 0.05) is 6.54 Å². The molecule has 0 radical (unpaired) electrons. The highest BCUT2D eigenvalue weighted by Crippen LogP contribution is 2.14. The third-order valence-electron chi connectivity index (χ3n) is 1.86. The van der Waals surface area contributed by atoms with E-state index in [0.717, 1.165) is 0 Å². The average molecular weight is 258 g/mol. The summed E-state index contributed by atoms with van der Waals surface area (Å²) < 4.78 is 0. The van der Waals surface area contributed by atoms with Crippen LogP contribution < -0.4 is 10.6 Å². The van der Waals surface area contributed by atoms with E-state index < -0.39 is 5.54 Å². The molecule has 0 spiro atoms. The van der Waals surface area contributed by atoms with E-state index in [4.69, 9.17) is 16.7 Å². The summed E-state index contributed by atoms with van der Waals surface area (Å²) in [6.07, 6.45) is 1.68. The fourth-order valence-corrected chi connectivity index (χ4v) is 1.15. The summed E-state index contributed by atoms with van der Waals surface area (Å²) in [5.41, 5.74) is -0.527. The lowest BCUT2D eigenvalue weighted by molar-refractivity contribution is 0.233. The van der Waals surface area contributed by atoms with Gasteiger partial charge in [-0.25, -0.2) is 0 Å². The monoisotopic (exact) mass is 257 g/mol. The number of aliphatic hydroxyl groups is 1. The molecule has 94 valence electrons. The molecule has 0 saturated carbocycles. The average Bonchev–Trinajstić information content (AvgIpc) is 2.25. The lowest BCUT2D eigenvalue weighted by atomic mass is 10.1. The first-order chi connectivity index (χ1) is 7.96. The fourth-order valence-electron chi connectivity index (χ4n) is 0.991. The zero-order chi connectivity index (χ0) is 12.9. The highest BCUT2D eigenvalue weighted by atomic mass is 35.5. The van der Waals surface area contributed by atoms with E-state index in [0.29, 0.717) is 18.4 Å². The number of anilines is 2. The van der Waals surface area contributed by atoms with Crippen LogP contribution in [0, 0.1) is 0 Å². The Morgan fingerprint density at radius 3 is 2.59 bits per heavy atom. The van der Waals surface area contributed by atoms with E-state index in [-0.39, 0.29) is 11.9 Å². The van der Waals surface area contributed by atoms with Gasteiger partial charge in [0.2, 0.25) is 17.2 Å². The molecule has 0 aliphatic carbocycles. The molecule has 0 amide bonds. The molecule has 1 rings (SSSR count). The van der Waals surface area contributed by atoms with Crippen molar-refractivity contribution in [3.05, 3.63) is 17.9 Å². The second-order valence-electron chi connectivity index (χ2n) is 4.09. The normalized spacial score (nSPS) is 11.1. The summed E-state index contributed by atoms with van der Waals surface area (Å²) in [5.74, 6) is 0.678. The van der Waals surface area contributed by atoms with E-state index in [9.17, 15) is 0 Å². The second kappa shape index (κ2) is 5.79. The first kappa shape index (κ1) is 13.7. The zero-order valence-corrected chi connectivity index (χ0v) is 10.6. The minimum Gasteiger partial charge on any atom is -0.394 e. The molecule has 0 aromatic carbocycles. The maximum atomic E-state index is 9.14. The number of nitrogens with zero attached hydrogens (tertiary/aromatic N) is 3. The highest BCUT2D eigenvalue weighted by Gasteiger charge is 2.18. The Morgan fingerprint density at radius 1 is 1.35 bits per heavy atom. The standard InChI is InChI=1S/C10H16ClN5O/c1-4-5-12-8-13-7(11)14-9(15-8)16-10(2,3)6-17/h4,17H,1,5-6H2,2-3H3,(H2,12,13,14,15,16). The van der Waals surface area contributed by atoms with Gasteiger partial charge in [0.25, 0.3) is 0 Å². The number of hydrogen-bond donors (Lipinski definition) is 3. The highest BCUT2D eigenvalue weighted by molar-refractivity contribution is 6.28.